The van der Waals surface area contributed by atoms with Crippen molar-refractivity contribution in [3.8, 4) is 11.5 Å². The predicted octanol–water partition coefficient (Wildman–Crippen LogP) is 3.13. The lowest BCUT2D eigenvalue weighted by molar-refractivity contribution is -0.118. The summed E-state index contributed by atoms with van der Waals surface area (Å²) in [5.74, 6) is 0.648. The number of benzene rings is 2. The highest BCUT2D eigenvalue weighted by Crippen LogP contribution is 2.25. The van der Waals surface area contributed by atoms with Gasteiger partial charge < -0.3 is 14.8 Å². The van der Waals surface area contributed by atoms with Crippen molar-refractivity contribution in [1.29, 1.82) is 0 Å². The summed E-state index contributed by atoms with van der Waals surface area (Å²) in [5.41, 5.74) is 0.490. The first-order valence-corrected chi connectivity index (χ1v) is 10.4. The molecular weight excluding hydrogens is 380 g/mol. The summed E-state index contributed by atoms with van der Waals surface area (Å²) in [6.07, 6.45) is 1.72. The summed E-state index contributed by atoms with van der Waals surface area (Å²) < 4.78 is 37.0. The maximum Gasteiger partial charge on any atom is 0.262 e. The number of rotatable bonds is 10. The molecular formula is C20H26N2O5S. The van der Waals surface area contributed by atoms with Crippen LogP contribution in [0.4, 0.5) is 5.69 Å². The molecule has 0 spiro atoms. The third-order valence-corrected chi connectivity index (χ3v) is 5.97. The number of sulfonamides is 1. The molecule has 0 heterocycles. The Morgan fingerprint density at radius 2 is 1.71 bits per heavy atom. The third kappa shape index (κ3) is 5.71. The molecule has 0 radical (unpaired) electrons. The van der Waals surface area contributed by atoms with E-state index in [1.165, 1.54) is 23.5 Å². The van der Waals surface area contributed by atoms with Gasteiger partial charge in [-0.3, -0.25) is 4.79 Å². The van der Waals surface area contributed by atoms with Crippen LogP contribution < -0.4 is 14.8 Å². The Bertz CT molecular complexity index is 882. The number of anilines is 1. The number of para-hydroxylation sites is 2. The van der Waals surface area contributed by atoms with Gasteiger partial charge in [0.25, 0.3) is 5.91 Å². The minimum Gasteiger partial charge on any atom is -0.493 e. The third-order valence-electron chi connectivity index (χ3n) is 4.10. The molecule has 2 aromatic carbocycles. The van der Waals surface area contributed by atoms with Crippen molar-refractivity contribution in [3.63, 3.8) is 0 Å². The Hall–Kier alpha value is -2.58. The van der Waals surface area contributed by atoms with Gasteiger partial charge in [-0.15, -0.1) is 0 Å². The van der Waals surface area contributed by atoms with Gasteiger partial charge in [0.2, 0.25) is 10.0 Å². The lowest BCUT2D eigenvalue weighted by Gasteiger charge is -2.17. The van der Waals surface area contributed by atoms with Gasteiger partial charge in [0.1, 0.15) is 0 Å². The fraction of sp³-hybridized carbons (Fsp3) is 0.350. The number of carbonyl (C=O) groups is 1. The van der Waals surface area contributed by atoms with Crippen LogP contribution in [0.3, 0.4) is 0 Å². The van der Waals surface area contributed by atoms with Crippen molar-refractivity contribution in [2.24, 2.45) is 0 Å². The quantitative estimate of drug-likeness (QED) is 0.655. The van der Waals surface area contributed by atoms with Gasteiger partial charge in [-0.1, -0.05) is 25.5 Å². The van der Waals surface area contributed by atoms with Crippen LogP contribution in [0.2, 0.25) is 0 Å². The molecule has 2 rings (SSSR count). The average Bonchev–Trinajstić information content (AvgIpc) is 2.71. The molecule has 8 heteroatoms. The van der Waals surface area contributed by atoms with Gasteiger partial charge in [0.05, 0.1) is 12.0 Å². The number of amides is 1. The molecule has 152 valence electrons. The van der Waals surface area contributed by atoms with Crippen LogP contribution in [-0.2, 0) is 14.8 Å². The second-order valence-corrected chi connectivity index (χ2v) is 8.24. The molecule has 0 unspecified atom stereocenters. The molecule has 0 saturated heterocycles. The van der Waals surface area contributed by atoms with Crippen LogP contribution in [0.5, 0.6) is 11.5 Å². The summed E-state index contributed by atoms with van der Waals surface area (Å²) in [4.78, 5) is 12.3. The largest absolute Gasteiger partial charge is 0.493 e. The van der Waals surface area contributed by atoms with E-state index in [4.69, 9.17) is 9.47 Å². The van der Waals surface area contributed by atoms with Gasteiger partial charge in [-0.05, 0) is 42.8 Å². The van der Waals surface area contributed by atoms with Crippen LogP contribution in [0, 0.1) is 0 Å². The van der Waals surface area contributed by atoms with Crippen LogP contribution >= 0.6 is 0 Å². The highest BCUT2D eigenvalue weighted by Gasteiger charge is 2.20. The number of hydrogen-bond acceptors (Lipinski definition) is 5. The van der Waals surface area contributed by atoms with E-state index in [1.807, 2.05) is 6.92 Å². The van der Waals surface area contributed by atoms with Crippen LogP contribution in [-0.4, -0.2) is 45.9 Å². The van der Waals surface area contributed by atoms with Gasteiger partial charge in [0.15, 0.2) is 18.1 Å². The van der Waals surface area contributed by atoms with Crippen LogP contribution in [0.25, 0.3) is 0 Å². The highest BCUT2D eigenvalue weighted by molar-refractivity contribution is 7.89. The van der Waals surface area contributed by atoms with Crippen LogP contribution in [0.1, 0.15) is 19.8 Å². The maximum absolute atomic E-state index is 12.5. The molecule has 0 bridgehead atoms. The second kappa shape index (κ2) is 10.1. The number of nitrogens with one attached hydrogen (secondary N) is 1. The molecule has 0 saturated carbocycles. The van der Waals surface area contributed by atoms with Crippen molar-refractivity contribution in [1.82, 2.24) is 4.31 Å². The maximum atomic E-state index is 12.5. The van der Waals surface area contributed by atoms with Crippen LogP contribution in [0.15, 0.2) is 53.4 Å². The number of ether oxygens (including phenoxy) is 2. The Morgan fingerprint density at radius 3 is 2.32 bits per heavy atom. The summed E-state index contributed by atoms with van der Waals surface area (Å²) >= 11 is 0. The van der Waals surface area contributed by atoms with Gasteiger partial charge in [-0.2, -0.15) is 0 Å². The summed E-state index contributed by atoms with van der Waals surface area (Å²) in [6, 6.07) is 13.1. The molecule has 0 aliphatic heterocycles. The van der Waals surface area contributed by atoms with E-state index in [-0.39, 0.29) is 17.4 Å². The Kier molecular flexibility index (Phi) is 7.83. The SMILES string of the molecule is CCCCN(C)S(=O)(=O)c1ccc(NC(=O)COc2ccccc2OC)cc1. The molecule has 2 aromatic rings. The first kappa shape index (κ1) is 21.7. The second-order valence-electron chi connectivity index (χ2n) is 6.19. The van der Waals surface area contributed by atoms with Gasteiger partial charge in [-0.25, -0.2) is 12.7 Å². The summed E-state index contributed by atoms with van der Waals surface area (Å²) in [7, 11) is -0.438. The standard InChI is InChI=1S/C20H26N2O5S/c1-4-5-14-22(2)28(24,25)17-12-10-16(11-13-17)21-20(23)15-27-19-9-7-6-8-18(19)26-3/h6-13H,4-5,14-15H2,1-3H3,(H,21,23). The van der Waals surface area contributed by atoms with Crippen molar-refractivity contribution < 1.29 is 22.7 Å². The number of unbranched alkanes of at least 4 members (excludes halogenated alkanes) is 1. The molecule has 1 amide bonds. The van der Waals surface area contributed by atoms with Crippen molar-refractivity contribution in [2.45, 2.75) is 24.7 Å². The fourth-order valence-corrected chi connectivity index (χ4v) is 3.68. The zero-order chi connectivity index (χ0) is 20.6. The zero-order valence-corrected chi connectivity index (χ0v) is 17.2. The molecule has 0 aromatic heterocycles. The first-order valence-electron chi connectivity index (χ1n) is 9.00. The number of methoxy groups -OCH3 is 1. The van der Waals surface area contributed by atoms with E-state index in [2.05, 4.69) is 5.32 Å². The normalized spacial score (nSPS) is 11.3. The van der Waals surface area contributed by atoms with E-state index in [9.17, 15) is 13.2 Å². The number of hydrogen-bond donors (Lipinski definition) is 1. The summed E-state index contributed by atoms with van der Waals surface area (Å²) in [6.45, 7) is 2.29. The highest BCUT2D eigenvalue weighted by atomic mass is 32.2. The zero-order valence-electron chi connectivity index (χ0n) is 16.3. The predicted molar refractivity (Wildman–Crippen MR) is 108 cm³/mol. The minimum atomic E-state index is -3.53. The van der Waals surface area contributed by atoms with Crippen molar-refractivity contribution in [3.05, 3.63) is 48.5 Å². The Morgan fingerprint density at radius 1 is 1.07 bits per heavy atom. The van der Waals surface area contributed by atoms with E-state index in [0.29, 0.717) is 23.7 Å². The minimum absolute atomic E-state index is 0.189. The number of nitrogens with zero attached hydrogens (tertiary/aromatic N) is 1. The first-order chi connectivity index (χ1) is 13.4. The topological polar surface area (TPSA) is 84.9 Å². The molecule has 0 aliphatic rings. The van der Waals surface area contributed by atoms with Crippen molar-refractivity contribution in [2.75, 3.05) is 32.6 Å². The molecule has 7 nitrogen and oxygen atoms in total. The molecule has 28 heavy (non-hydrogen) atoms. The molecule has 0 aliphatic carbocycles. The monoisotopic (exact) mass is 406 g/mol. The molecule has 0 atom stereocenters. The van der Waals surface area contributed by atoms with E-state index in [0.717, 1.165) is 12.8 Å². The van der Waals surface area contributed by atoms with Crippen molar-refractivity contribution >= 4 is 21.6 Å². The lowest BCUT2D eigenvalue weighted by atomic mass is 10.3. The molecule has 1 N–H and O–H groups in total. The summed E-state index contributed by atoms with van der Waals surface area (Å²) in [5, 5.41) is 2.68. The lowest BCUT2D eigenvalue weighted by Crippen LogP contribution is -2.28. The fourth-order valence-electron chi connectivity index (χ4n) is 2.47. The smallest absolute Gasteiger partial charge is 0.262 e. The Labute approximate surface area is 166 Å². The average molecular weight is 407 g/mol. The Balaban J connectivity index is 1.95. The van der Waals surface area contributed by atoms with Gasteiger partial charge in [0, 0.05) is 19.3 Å². The van der Waals surface area contributed by atoms with Gasteiger partial charge >= 0.3 is 0 Å². The molecule has 0 fully saturated rings. The van der Waals surface area contributed by atoms with E-state index in [1.54, 1.807) is 43.4 Å². The number of carbonyl (C=O) groups excluding carboxylic acids is 1. The van der Waals surface area contributed by atoms with E-state index < -0.39 is 10.0 Å². The van der Waals surface area contributed by atoms with E-state index >= 15 is 0 Å².